The van der Waals surface area contributed by atoms with Crippen molar-refractivity contribution in [3.8, 4) is 5.75 Å². The van der Waals surface area contributed by atoms with Gasteiger partial charge in [-0.05, 0) is 30.3 Å². The van der Waals surface area contributed by atoms with Gasteiger partial charge in [-0.3, -0.25) is 9.98 Å². The molecule has 0 unspecified atom stereocenters. The van der Waals surface area contributed by atoms with E-state index in [0.717, 1.165) is 28.7 Å². The van der Waals surface area contributed by atoms with Crippen molar-refractivity contribution in [1.29, 1.82) is 0 Å². The standard InChI is InChI=1S/C18H18ClN3OS/c1-11-10-22-17(13-9-12(19)6-7-15(13)23-2)16(21-18(22)24-11)14-5-3-4-8-20-14/h3-9,11,16-17H,10H2,1-2H3/t11-,16+,17-/m0/s1. The summed E-state index contributed by atoms with van der Waals surface area (Å²) in [6.45, 7) is 3.20. The van der Waals surface area contributed by atoms with Gasteiger partial charge in [0.05, 0.1) is 18.8 Å². The Kier molecular flexibility index (Phi) is 4.14. The fraction of sp³-hybridized carbons (Fsp3) is 0.333. The first-order valence-electron chi connectivity index (χ1n) is 7.93. The van der Waals surface area contributed by atoms with Gasteiger partial charge < -0.3 is 9.64 Å². The van der Waals surface area contributed by atoms with Crippen LogP contribution in [-0.2, 0) is 0 Å². The molecule has 2 aliphatic heterocycles. The van der Waals surface area contributed by atoms with Crippen LogP contribution in [-0.4, -0.2) is 34.0 Å². The van der Waals surface area contributed by atoms with Gasteiger partial charge in [-0.25, -0.2) is 0 Å². The minimum Gasteiger partial charge on any atom is -0.496 e. The van der Waals surface area contributed by atoms with E-state index in [1.165, 1.54) is 0 Å². The largest absolute Gasteiger partial charge is 0.496 e. The SMILES string of the molecule is COc1ccc(Cl)cc1[C@H]1[C@@H](c2ccccn2)N=C2S[C@@H](C)CN21. The molecule has 2 aliphatic rings. The van der Waals surface area contributed by atoms with Crippen molar-refractivity contribution >= 4 is 28.5 Å². The average molecular weight is 360 g/mol. The van der Waals surface area contributed by atoms with Crippen molar-refractivity contribution in [1.82, 2.24) is 9.88 Å². The van der Waals surface area contributed by atoms with Crippen molar-refractivity contribution in [2.75, 3.05) is 13.7 Å². The molecule has 0 spiro atoms. The van der Waals surface area contributed by atoms with E-state index in [2.05, 4.69) is 16.8 Å². The summed E-state index contributed by atoms with van der Waals surface area (Å²) < 4.78 is 5.61. The van der Waals surface area contributed by atoms with Crippen LogP contribution in [0, 0.1) is 0 Å². The Bertz CT molecular complexity index is 783. The number of amidine groups is 1. The average Bonchev–Trinajstić information content (AvgIpc) is 3.11. The number of rotatable bonds is 3. The quantitative estimate of drug-likeness (QED) is 0.817. The van der Waals surface area contributed by atoms with Gasteiger partial charge in [0.1, 0.15) is 11.8 Å². The number of aromatic nitrogens is 1. The smallest absolute Gasteiger partial charge is 0.160 e. The normalized spacial score (nSPS) is 25.5. The second-order valence-corrected chi connectivity index (χ2v) is 7.87. The predicted octanol–water partition coefficient (Wildman–Crippen LogP) is 4.33. The number of thioether (sulfide) groups is 1. The van der Waals surface area contributed by atoms with Crippen molar-refractivity contribution < 1.29 is 4.74 Å². The molecule has 1 aromatic heterocycles. The van der Waals surface area contributed by atoms with Crippen LogP contribution in [0.3, 0.4) is 0 Å². The summed E-state index contributed by atoms with van der Waals surface area (Å²) in [7, 11) is 1.70. The molecule has 0 saturated carbocycles. The van der Waals surface area contributed by atoms with Crippen LogP contribution >= 0.6 is 23.4 Å². The summed E-state index contributed by atoms with van der Waals surface area (Å²) >= 11 is 8.11. The number of ether oxygens (including phenoxy) is 1. The summed E-state index contributed by atoms with van der Waals surface area (Å²) in [5.74, 6) is 0.839. The zero-order valence-electron chi connectivity index (χ0n) is 13.5. The number of hydrogen-bond donors (Lipinski definition) is 0. The van der Waals surface area contributed by atoms with E-state index in [0.29, 0.717) is 10.3 Å². The lowest BCUT2D eigenvalue weighted by molar-refractivity contribution is 0.307. The van der Waals surface area contributed by atoms with E-state index in [-0.39, 0.29) is 12.1 Å². The molecular formula is C18H18ClN3OS. The Morgan fingerprint density at radius 3 is 2.92 bits per heavy atom. The molecule has 3 heterocycles. The van der Waals surface area contributed by atoms with Crippen LogP contribution in [0.15, 0.2) is 47.6 Å². The van der Waals surface area contributed by atoms with Gasteiger partial charge in [0, 0.05) is 28.6 Å². The molecule has 0 N–H and O–H groups in total. The number of benzene rings is 1. The van der Waals surface area contributed by atoms with E-state index in [4.69, 9.17) is 21.3 Å². The summed E-state index contributed by atoms with van der Waals surface area (Å²) in [6.07, 6.45) is 1.82. The van der Waals surface area contributed by atoms with Crippen molar-refractivity contribution in [3.63, 3.8) is 0 Å². The Morgan fingerprint density at radius 2 is 2.17 bits per heavy atom. The van der Waals surface area contributed by atoms with Crippen LogP contribution in [0.5, 0.6) is 5.75 Å². The molecular weight excluding hydrogens is 342 g/mol. The van der Waals surface area contributed by atoms with Crippen LogP contribution < -0.4 is 4.74 Å². The second-order valence-electron chi connectivity index (χ2n) is 6.02. The first-order chi connectivity index (χ1) is 11.7. The first-order valence-corrected chi connectivity index (χ1v) is 9.18. The maximum absolute atomic E-state index is 6.29. The maximum Gasteiger partial charge on any atom is 0.160 e. The van der Waals surface area contributed by atoms with Crippen LogP contribution in [0.2, 0.25) is 5.02 Å². The third kappa shape index (κ3) is 2.66. The Balaban J connectivity index is 1.83. The number of fused-ring (bicyclic) bond motifs is 1. The topological polar surface area (TPSA) is 37.7 Å². The number of pyridine rings is 1. The van der Waals surface area contributed by atoms with Crippen molar-refractivity contribution in [3.05, 3.63) is 58.9 Å². The number of nitrogens with zero attached hydrogens (tertiary/aromatic N) is 3. The van der Waals surface area contributed by atoms with Crippen LogP contribution in [0.1, 0.15) is 30.3 Å². The molecule has 4 rings (SSSR count). The van der Waals surface area contributed by atoms with Crippen molar-refractivity contribution in [2.24, 2.45) is 4.99 Å². The highest BCUT2D eigenvalue weighted by Crippen LogP contribution is 2.49. The van der Waals surface area contributed by atoms with Crippen LogP contribution in [0.25, 0.3) is 0 Å². The fourth-order valence-corrected chi connectivity index (χ4v) is 4.66. The Morgan fingerprint density at radius 1 is 1.29 bits per heavy atom. The predicted molar refractivity (Wildman–Crippen MR) is 98.9 cm³/mol. The van der Waals surface area contributed by atoms with E-state index >= 15 is 0 Å². The minimum absolute atomic E-state index is 0.0476. The summed E-state index contributed by atoms with van der Waals surface area (Å²) in [5, 5.41) is 2.32. The van der Waals surface area contributed by atoms with Crippen LogP contribution in [0.4, 0.5) is 0 Å². The molecule has 3 atom stereocenters. The van der Waals surface area contributed by atoms with Gasteiger partial charge in [0.2, 0.25) is 0 Å². The summed E-state index contributed by atoms with van der Waals surface area (Å²) in [4.78, 5) is 11.9. The van der Waals surface area contributed by atoms with E-state index in [9.17, 15) is 0 Å². The van der Waals surface area contributed by atoms with Gasteiger partial charge in [-0.1, -0.05) is 36.4 Å². The lowest BCUT2D eigenvalue weighted by Crippen LogP contribution is -2.28. The molecule has 1 fully saturated rings. The molecule has 0 radical (unpaired) electrons. The number of methoxy groups -OCH3 is 1. The second kappa shape index (κ2) is 6.30. The maximum atomic E-state index is 6.29. The van der Waals surface area contributed by atoms with Gasteiger partial charge in [0.15, 0.2) is 5.17 Å². The summed E-state index contributed by atoms with van der Waals surface area (Å²) in [5.41, 5.74) is 2.04. The number of aliphatic imine (C=N–C) groups is 1. The molecule has 1 saturated heterocycles. The van der Waals surface area contributed by atoms with E-state index in [1.54, 1.807) is 7.11 Å². The minimum atomic E-state index is -0.0476. The van der Waals surface area contributed by atoms with Crippen molar-refractivity contribution in [2.45, 2.75) is 24.3 Å². The molecule has 0 amide bonds. The monoisotopic (exact) mass is 359 g/mol. The molecule has 24 heavy (non-hydrogen) atoms. The van der Waals surface area contributed by atoms with Gasteiger partial charge >= 0.3 is 0 Å². The molecule has 2 aromatic rings. The Hall–Kier alpha value is -1.72. The van der Waals surface area contributed by atoms with Gasteiger partial charge in [-0.2, -0.15) is 0 Å². The fourth-order valence-electron chi connectivity index (χ4n) is 3.39. The highest BCUT2D eigenvalue weighted by Gasteiger charge is 2.44. The molecule has 6 heteroatoms. The van der Waals surface area contributed by atoms with Gasteiger partial charge in [-0.15, -0.1) is 0 Å². The zero-order chi connectivity index (χ0) is 16.7. The van der Waals surface area contributed by atoms with E-state index < -0.39 is 0 Å². The lowest BCUT2D eigenvalue weighted by atomic mass is 9.95. The Labute approximate surface area is 150 Å². The molecule has 4 nitrogen and oxygen atoms in total. The lowest BCUT2D eigenvalue weighted by Gasteiger charge is -2.28. The number of halogens is 1. The highest BCUT2D eigenvalue weighted by molar-refractivity contribution is 8.14. The molecule has 124 valence electrons. The molecule has 0 aliphatic carbocycles. The molecule has 0 bridgehead atoms. The summed E-state index contributed by atoms with van der Waals surface area (Å²) in [6, 6.07) is 11.8. The third-order valence-electron chi connectivity index (χ3n) is 4.39. The molecule has 1 aromatic carbocycles. The van der Waals surface area contributed by atoms with E-state index in [1.807, 2.05) is 54.4 Å². The first kappa shape index (κ1) is 15.8. The highest BCUT2D eigenvalue weighted by atomic mass is 35.5. The van der Waals surface area contributed by atoms with Gasteiger partial charge in [0.25, 0.3) is 0 Å². The third-order valence-corrected chi connectivity index (χ3v) is 5.73. The zero-order valence-corrected chi connectivity index (χ0v) is 15.1. The number of hydrogen-bond acceptors (Lipinski definition) is 5.